The van der Waals surface area contributed by atoms with Crippen LogP contribution >= 0.6 is 0 Å². The second kappa shape index (κ2) is 17.9. The quantitative estimate of drug-likeness (QED) is 0.165. The van der Waals surface area contributed by atoms with Gasteiger partial charge < -0.3 is 25.4 Å². The Morgan fingerprint density at radius 2 is 1.69 bits per heavy atom. The Kier molecular flexibility index (Phi) is 14.5. The number of esters is 1. The largest absolute Gasteiger partial charge is 0.465 e. The van der Waals surface area contributed by atoms with E-state index in [1.165, 1.54) is 6.08 Å². The molecule has 0 radical (unpaired) electrons. The summed E-state index contributed by atoms with van der Waals surface area (Å²) in [6, 6.07) is 7.05. The molecule has 0 heterocycles. The van der Waals surface area contributed by atoms with Crippen LogP contribution in [0.1, 0.15) is 64.4 Å². The van der Waals surface area contributed by atoms with E-state index in [0.29, 0.717) is 12.8 Å². The average molecular weight is 544 g/mol. The molecule has 0 bridgehead atoms. The van der Waals surface area contributed by atoms with Gasteiger partial charge in [0.15, 0.2) is 0 Å². The molecule has 10 heteroatoms. The van der Waals surface area contributed by atoms with E-state index in [1.54, 1.807) is 13.0 Å². The summed E-state index contributed by atoms with van der Waals surface area (Å²) in [6.45, 7) is 3.07. The zero-order valence-corrected chi connectivity index (χ0v) is 22.9. The first-order valence-corrected chi connectivity index (χ1v) is 13.7. The maximum absolute atomic E-state index is 13.4. The monoisotopic (exact) mass is 543 g/mol. The van der Waals surface area contributed by atoms with Gasteiger partial charge in [-0.1, -0.05) is 75.4 Å². The maximum atomic E-state index is 13.4. The van der Waals surface area contributed by atoms with Crippen molar-refractivity contribution < 1.29 is 33.4 Å². The number of hydrogen-bond donors (Lipinski definition) is 3. The molecular formula is C29H41N3O7. The molecule has 1 aromatic carbocycles. The fraction of sp³-hybridized carbons (Fsp3) is 0.552. The minimum absolute atomic E-state index is 0.135. The molecule has 1 aromatic rings. The highest BCUT2D eigenvalue weighted by molar-refractivity contribution is 6.38. The molecule has 1 saturated carbocycles. The number of ketones is 1. The van der Waals surface area contributed by atoms with Crippen molar-refractivity contribution in [2.75, 3.05) is 19.8 Å². The number of amides is 3. The second-order valence-corrected chi connectivity index (χ2v) is 9.53. The Hall–Kier alpha value is -3.53. The lowest BCUT2D eigenvalue weighted by Gasteiger charge is -2.27. The van der Waals surface area contributed by atoms with Crippen molar-refractivity contribution in [3.8, 4) is 0 Å². The normalized spacial score (nSPS) is 15.2. The van der Waals surface area contributed by atoms with Crippen LogP contribution in [0, 0.1) is 5.92 Å². The van der Waals surface area contributed by atoms with Gasteiger partial charge >= 0.3 is 5.97 Å². The number of allylic oxidation sites excluding steroid dienone is 1. The summed E-state index contributed by atoms with van der Waals surface area (Å²) in [7, 11) is 0. The van der Waals surface area contributed by atoms with Crippen molar-refractivity contribution >= 4 is 29.5 Å². The number of nitrogens with one attached hydrogen (secondary N) is 3. The lowest BCUT2D eigenvalue weighted by atomic mass is 9.84. The molecule has 214 valence electrons. The van der Waals surface area contributed by atoms with Crippen LogP contribution in [0.4, 0.5) is 0 Å². The molecule has 3 N–H and O–H groups in total. The highest BCUT2D eigenvalue weighted by Crippen LogP contribution is 2.27. The van der Waals surface area contributed by atoms with E-state index < -0.39 is 48.1 Å². The van der Waals surface area contributed by atoms with E-state index in [4.69, 9.17) is 9.47 Å². The van der Waals surface area contributed by atoms with Crippen LogP contribution in [0.15, 0.2) is 42.5 Å². The minimum Gasteiger partial charge on any atom is -0.465 e. The Labute approximate surface area is 230 Å². The van der Waals surface area contributed by atoms with Crippen molar-refractivity contribution in [2.45, 2.75) is 77.5 Å². The van der Waals surface area contributed by atoms with Gasteiger partial charge in [-0.25, -0.2) is 0 Å². The Bertz CT molecular complexity index is 974. The van der Waals surface area contributed by atoms with E-state index in [-0.39, 0.29) is 25.7 Å². The maximum Gasteiger partial charge on any atom is 0.325 e. The molecule has 1 aliphatic carbocycles. The van der Waals surface area contributed by atoms with Gasteiger partial charge in [-0.05, 0) is 37.3 Å². The van der Waals surface area contributed by atoms with Crippen LogP contribution in [0.25, 0.3) is 0 Å². The molecule has 0 spiro atoms. The SMILES string of the molecule is CC/C=C/C(=O)N[C@@H](CC1CCCCC1)C(=O)N[C@@H](COCc1ccccc1)C(=O)C(=O)NCC(=O)OCC. The topological polar surface area (TPSA) is 140 Å². The first-order chi connectivity index (χ1) is 18.8. The van der Waals surface area contributed by atoms with Gasteiger partial charge in [0.25, 0.3) is 5.91 Å². The highest BCUT2D eigenvalue weighted by Gasteiger charge is 2.32. The van der Waals surface area contributed by atoms with Crippen LogP contribution in [0.2, 0.25) is 0 Å². The molecule has 0 unspecified atom stereocenters. The van der Waals surface area contributed by atoms with E-state index in [2.05, 4.69) is 16.0 Å². The molecule has 0 aromatic heterocycles. The Balaban J connectivity index is 2.13. The van der Waals surface area contributed by atoms with Crippen LogP contribution in [-0.2, 0) is 40.1 Å². The molecule has 2 rings (SSSR count). The summed E-state index contributed by atoms with van der Waals surface area (Å²) >= 11 is 0. The van der Waals surface area contributed by atoms with Crippen molar-refractivity contribution in [1.82, 2.24) is 16.0 Å². The molecule has 0 saturated heterocycles. The van der Waals surface area contributed by atoms with Crippen molar-refractivity contribution in [1.29, 1.82) is 0 Å². The van der Waals surface area contributed by atoms with Crippen LogP contribution in [0.5, 0.6) is 0 Å². The zero-order valence-electron chi connectivity index (χ0n) is 22.9. The average Bonchev–Trinajstić information content (AvgIpc) is 2.94. The van der Waals surface area contributed by atoms with E-state index in [0.717, 1.165) is 37.7 Å². The summed E-state index contributed by atoms with van der Waals surface area (Å²) in [5.41, 5.74) is 0.854. The first kappa shape index (κ1) is 31.7. The number of carbonyl (C=O) groups is 5. The van der Waals surface area contributed by atoms with E-state index in [1.807, 2.05) is 37.3 Å². The summed E-state index contributed by atoms with van der Waals surface area (Å²) < 4.78 is 10.5. The molecule has 1 fully saturated rings. The van der Waals surface area contributed by atoms with E-state index >= 15 is 0 Å². The predicted octanol–water partition coefficient (Wildman–Crippen LogP) is 2.36. The predicted molar refractivity (Wildman–Crippen MR) is 145 cm³/mol. The molecule has 1 aliphatic rings. The van der Waals surface area contributed by atoms with Gasteiger partial charge in [0, 0.05) is 0 Å². The van der Waals surface area contributed by atoms with Gasteiger partial charge in [-0.3, -0.25) is 24.0 Å². The lowest BCUT2D eigenvalue weighted by molar-refractivity contribution is -0.146. The standard InChI is InChI=1S/C29H41N3O7/c1-3-5-16-25(33)31-23(17-21-12-8-6-9-13-21)28(36)32-24(20-38-19-22-14-10-7-11-15-22)27(35)29(37)30-18-26(34)39-4-2/h5,7,10-11,14-16,21,23-24H,3-4,6,8-9,12-13,17-20H2,1-2H3,(H,30,37)(H,31,33)(H,32,36)/b16-5+/t23-,24-/m0/s1. The van der Waals surface area contributed by atoms with Gasteiger partial charge in [-0.15, -0.1) is 0 Å². The third kappa shape index (κ3) is 12.2. The number of Topliss-reactive ketones (excluding diaryl/α,β-unsaturated/α-hetero) is 1. The molecule has 2 atom stereocenters. The third-order valence-electron chi connectivity index (χ3n) is 6.38. The fourth-order valence-corrected chi connectivity index (χ4v) is 4.37. The second-order valence-electron chi connectivity index (χ2n) is 9.53. The van der Waals surface area contributed by atoms with Gasteiger partial charge in [0.2, 0.25) is 17.6 Å². The molecule has 10 nitrogen and oxygen atoms in total. The molecular weight excluding hydrogens is 502 g/mol. The highest BCUT2D eigenvalue weighted by atomic mass is 16.5. The Morgan fingerprint density at radius 1 is 0.974 bits per heavy atom. The van der Waals surface area contributed by atoms with Gasteiger partial charge in [-0.2, -0.15) is 0 Å². The lowest BCUT2D eigenvalue weighted by Crippen LogP contribution is -2.55. The molecule has 3 amide bonds. The van der Waals surface area contributed by atoms with Gasteiger partial charge in [0.05, 0.1) is 19.8 Å². The van der Waals surface area contributed by atoms with Crippen LogP contribution in [-0.4, -0.2) is 61.3 Å². The summed E-state index contributed by atoms with van der Waals surface area (Å²) in [6.07, 6.45) is 9.39. The van der Waals surface area contributed by atoms with Gasteiger partial charge in [0.1, 0.15) is 18.6 Å². The number of hydrogen-bond acceptors (Lipinski definition) is 7. The summed E-state index contributed by atoms with van der Waals surface area (Å²) in [5, 5.41) is 7.61. The molecule has 0 aliphatic heterocycles. The third-order valence-corrected chi connectivity index (χ3v) is 6.38. The van der Waals surface area contributed by atoms with E-state index in [9.17, 15) is 24.0 Å². The first-order valence-electron chi connectivity index (χ1n) is 13.7. The smallest absolute Gasteiger partial charge is 0.325 e. The number of carbonyl (C=O) groups excluding carboxylic acids is 5. The van der Waals surface area contributed by atoms with Crippen LogP contribution in [0.3, 0.4) is 0 Å². The number of benzene rings is 1. The minimum atomic E-state index is -1.32. The fourth-order valence-electron chi connectivity index (χ4n) is 4.37. The summed E-state index contributed by atoms with van der Waals surface area (Å²) in [4.78, 5) is 63.0. The summed E-state index contributed by atoms with van der Waals surface area (Å²) in [5.74, 6) is -3.40. The van der Waals surface area contributed by atoms with Crippen molar-refractivity contribution in [3.05, 3.63) is 48.0 Å². The molecule has 39 heavy (non-hydrogen) atoms. The van der Waals surface area contributed by atoms with Crippen LogP contribution < -0.4 is 16.0 Å². The van der Waals surface area contributed by atoms with Crippen molar-refractivity contribution in [2.24, 2.45) is 5.92 Å². The zero-order chi connectivity index (χ0) is 28.5. The van der Waals surface area contributed by atoms with Crippen molar-refractivity contribution in [3.63, 3.8) is 0 Å². The number of rotatable bonds is 16. The number of ether oxygens (including phenoxy) is 2. The Morgan fingerprint density at radius 3 is 2.36 bits per heavy atom.